The lowest BCUT2D eigenvalue weighted by Gasteiger charge is -2.25. The highest BCUT2D eigenvalue weighted by atomic mass is 31.2. The van der Waals surface area contributed by atoms with Gasteiger partial charge in [0.05, 0.1) is 39.9 Å². The Morgan fingerprint density at radius 3 is 1.09 bits per heavy atom. The number of aliphatic hydroxyl groups excluding tert-OH is 1. The Labute approximate surface area is 467 Å². The topological polar surface area (TPSA) is 105 Å². The van der Waals surface area contributed by atoms with E-state index in [2.05, 4.69) is 43.5 Å². The number of hydrogen-bond donors (Lipinski definition) is 3. The Hall–Kier alpha value is -1.28. The van der Waals surface area contributed by atoms with Gasteiger partial charge in [-0.2, -0.15) is 0 Å². The minimum absolute atomic E-state index is 0.0638. The number of rotatable bonds is 61. The molecule has 0 fully saturated rings. The van der Waals surface area contributed by atoms with E-state index >= 15 is 0 Å². The molecule has 3 atom stereocenters. The third kappa shape index (κ3) is 60.2. The molecule has 0 bridgehead atoms. The summed E-state index contributed by atoms with van der Waals surface area (Å²) < 4.78 is 23.7. The molecular formula is C66H130N2O6P+. The first kappa shape index (κ1) is 73.7. The van der Waals surface area contributed by atoms with Crippen LogP contribution < -0.4 is 5.32 Å². The van der Waals surface area contributed by atoms with Crippen molar-refractivity contribution in [1.29, 1.82) is 0 Å². The Balaban J connectivity index is 3.93. The Morgan fingerprint density at radius 1 is 0.453 bits per heavy atom. The van der Waals surface area contributed by atoms with Gasteiger partial charge in [-0.1, -0.05) is 307 Å². The maximum absolute atomic E-state index is 13.0. The number of phosphoric ester groups is 1. The molecule has 3 N–H and O–H groups in total. The fourth-order valence-corrected chi connectivity index (χ4v) is 10.7. The van der Waals surface area contributed by atoms with Gasteiger partial charge in [-0.05, 0) is 51.4 Å². The summed E-state index contributed by atoms with van der Waals surface area (Å²) in [5, 5.41) is 14.0. The highest BCUT2D eigenvalue weighted by Gasteiger charge is 2.28. The molecule has 0 saturated heterocycles. The number of carbonyl (C=O) groups is 1. The van der Waals surface area contributed by atoms with E-state index in [9.17, 15) is 19.4 Å². The molecule has 3 unspecified atom stereocenters. The molecule has 0 aromatic heterocycles. The predicted molar refractivity (Wildman–Crippen MR) is 328 cm³/mol. The van der Waals surface area contributed by atoms with Crippen LogP contribution in [0.5, 0.6) is 0 Å². The van der Waals surface area contributed by atoms with Gasteiger partial charge >= 0.3 is 7.82 Å². The third-order valence-corrected chi connectivity index (χ3v) is 16.1. The molecule has 1 amide bonds. The van der Waals surface area contributed by atoms with E-state index in [4.69, 9.17) is 9.05 Å². The number of allylic oxidation sites excluding steroid dienone is 5. The van der Waals surface area contributed by atoms with Crippen LogP contribution in [0.1, 0.15) is 328 Å². The van der Waals surface area contributed by atoms with Crippen molar-refractivity contribution in [3.05, 3.63) is 36.5 Å². The monoisotopic (exact) mass is 1080 g/mol. The highest BCUT2D eigenvalue weighted by Crippen LogP contribution is 2.43. The number of amides is 1. The number of nitrogens with one attached hydrogen (secondary N) is 1. The molecule has 75 heavy (non-hydrogen) atoms. The van der Waals surface area contributed by atoms with Crippen molar-refractivity contribution in [2.24, 2.45) is 0 Å². The number of unbranched alkanes of at least 4 members (excludes halogenated alkanes) is 44. The molecule has 0 aromatic carbocycles. The largest absolute Gasteiger partial charge is 0.472 e. The predicted octanol–water partition coefficient (Wildman–Crippen LogP) is 20.5. The fraction of sp³-hybridized carbons (Fsp3) is 0.894. The average molecular weight is 1080 g/mol. The van der Waals surface area contributed by atoms with Crippen LogP contribution in [0.3, 0.4) is 0 Å². The minimum atomic E-state index is -4.35. The first-order valence-electron chi connectivity index (χ1n) is 32.9. The number of aliphatic hydroxyl groups is 1. The molecule has 8 nitrogen and oxygen atoms in total. The molecule has 0 spiro atoms. The van der Waals surface area contributed by atoms with Crippen molar-refractivity contribution in [1.82, 2.24) is 5.32 Å². The van der Waals surface area contributed by atoms with E-state index in [1.807, 2.05) is 27.2 Å². The van der Waals surface area contributed by atoms with Gasteiger partial charge in [0.15, 0.2) is 0 Å². The van der Waals surface area contributed by atoms with Crippen LogP contribution in [0.2, 0.25) is 0 Å². The zero-order valence-electron chi connectivity index (χ0n) is 50.8. The number of phosphoric acid groups is 1. The first-order chi connectivity index (χ1) is 36.5. The number of nitrogens with zero attached hydrogens (tertiary/aromatic N) is 1. The standard InChI is InChI=1S/C66H129N2O6P/c1-6-8-10-12-14-16-18-20-22-24-25-26-27-28-29-30-31-32-33-34-35-36-37-38-39-40-41-42-43-44-46-48-50-52-54-56-58-60-66(70)67-64(63-74-75(71,72)73-62-61-68(3,4)5)65(69)59-57-55-53-51-49-47-45-23-21-19-17-15-13-11-9-7-2/h18,20,24-25,57,59,64-65,69H,6-17,19,21-23,26-56,58,60-63H2,1-5H3,(H-,67,70,71,72)/p+1/b20-18-,25-24-,59-57+. The van der Waals surface area contributed by atoms with Crippen LogP contribution in [-0.2, 0) is 18.4 Å². The highest BCUT2D eigenvalue weighted by molar-refractivity contribution is 7.47. The quantitative estimate of drug-likeness (QED) is 0.0243. The Kier molecular flexibility index (Phi) is 56.4. The van der Waals surface area contributed by atoms with Crippen LogP contribution in [0, 0.1) is 0 Å². The fourth-order valence-electron chi connectivity index (χ4n) is 9.96. The van der Waals surface area contributed by atoms with E-state index < -0.39 is 20.0 Å². The Bertz CT molecular complexity index is 1320. The minimum Gasteiger partial charge on any atom is -0.387 e. The van der Waals surface area contributed by atoms with Gasteiger partial charge in [-0.15, -0.1) is 0 Å². The van der Waals surface area contributed by atoms with Crippen molar-refractivity contribution in [3.63, 3.8) is 0 Å². The molecule has 9 heteroatoms. The summed E-state index contributed by atoms with van der Waals surface area (Å²) in [6, 6.07) is -0.844. The molecule has 0 aliphatic rings. The van der Waals surface area contributed by atoms with Crippen molar-refractivity contribution in [3.8, 4) is 0 Å². The van der Waals surface area contributed by atoms with Crippen molar-refractivity contribution in [2.75, 3.05) is 40.9 Å². The molecule has 0 radical (unpaired) electrons. The molecule has 0 aliphatic heterocycles. The van der Waals surface area contributed by atoms with Crippen molar-refractivity contribution in [2.45, 2.75) is 341 Å². The molecule has 0 rings (SSSR count). The van der Waals surface area contributed by atoms with E-state index in [1.54, 1.807) is 6.08 Å². The number of carbonyl (C=O) groups excluding carboxylic acids is 1. The van der Waals surface area contributed by atoms with Gasteiger partial charge in [0, 0.05) is 6.42 Å². The smallest absolute Gasteiger partial charge is 0.387 e. The summed E-state index contributed by atoms with van der Waals surface area (Å²) >= 11 is 0. The normalized spacial score (nSPS) is 14.0. The molecule has 0 heterocycles. The van der Waals surface area contributed by atoms with Crippen molar-refractivity contribution < 1.29 is 32.9 Å². The first-order valence-corrected chi connectivity index (χ1v) is 34.4. The molecular weight excluding hydrogens is 948 g/mol. The average Bonchev–Trinajstić information content (AvgIpc) is 3.37. The summed E-state index contributed by atoms with van der Waals surface area (Å²) in [6.45, 7) is 4.84. The number of quaternary nitrogens is 1. The lowest BCUT2D eigenvalue weighted by atomic mass is 10.0. The summed E-state index contributed by atoms with van der Waals surface area (Å²) in [5.41, 5.74) is 0. The zero-order chi connectivity index (χ0) is 54.9. The zero-order valence-corrected chi connectivity index (χ0v) is 51.7. The van der Waals surface area contributed by atoms with Gasteiger partial charge in [-0.3, -0.25) is 13.8 Å². The summed E-state index contributed by atoms with van der Waals surface area (Å²) in [4.78, 5) is 23.3. The van der Waals surface area contributed by atoms with Crippen LogP contribution in [0.4, 0.5) is 0 Å². The van der Waals surface area contributed by atoms with Gasteiger partial charge in [-0.25, -0.2) is 4.57 Å². The van der Waals surface area contributed by atoms with Crippen LogP contribution in [0.25, 0.3) is 0 Å². The maximum Gasteiger partial charge on any atom is 0.472 e. The number of hydrogen-bond acceptors (Lipinski definition) is 5. The third-order valence-electron chi connectivity index (χ3n) is 15.1. The molecule has 0 saturated carbocycles. The molecule has 0 aromatic rings. The van der Waals surface area contributed by atoms with Gasteiger partial charge in [0.1, 0.15) is 13.2 Å². The van der Waals surface area contributed by atoms with Gasteiger partial charge in [0.2, 0.25) is 5.91 Å². The van der Waals surface area contributed by atoms with E-state index in [0.717, 1.165) is 44.9 Å². The molecule has 444 valence electrons. The lowest BCUT2D eigenvalue weighted by molar-refractivity contribution is -0.870. The Morgan fingerprint density at radius 2 is 0.760 bits per heavy atom. The van der Waals surface area contributed by atoms with Gasteiger partial charge < -0.3 is 19.8 Å². The maximum atomic E-state index is 13.0. The second-order valence-corrected chi connectivity index (χ2v) is 25.3. The number of likely N-dealkylation sites (N-methyl/N-ethyl adjacent to an activating group) is 1. The van der Waals surface area contributed by atoms with Crippen molar-refractivity contribution >= 4 is 13.7 Å². The van der Waals surface area contributed by atoms with Crippen LogP contribution >= 0.6 is 7.82 Å². The SMILES string of the molecule is CCCCCCC/C=C\C/C=C\CCCCCCCCCCCCCCCCCCCCCCCCCCCC(=O)NC(COP(=O)(O)OCC[N+](C)(C)C)C(O)/C=C/CCCCCCCCCCCCCCCC. The van der Waals surface area contributed by atoms with Crippen LogP contribution in [-0.4, -0.2) is 73.4 Å². The lowest BCUT2D eigenvalue weighted by Crippen LogP contribution is -2.45. The summed E-state index contributed by atoms with van der Waals surface area (Å²) in [7, 11) is 1.59. The molecule has 0 aliphatic carbocycles. The second kappa shape index (κ2) is 57.4. The van der Waals surface area contributed by atoms with Crippen LogP contribution in [0.15, 0.2) is 36.5 Å². The second-order valence-electron chi connectivity index (χ2n) is 23.8. The summed E-state index contributed by atoms with van der Waals surface area (Å²) in [6.07, 6.45) is 75.7. The van der Waals surface area contributed by atoms with E-state index in [0.29, 0.717) is 17.4 Å². The van der Waals surface area contributed by atoms with E-state index in [-0.39, 0.29) is 19.1 Å². The van der Waals surface area contributed by atoms with Gasteiger partial charge in [0.25, 0.3) is 0 Å². The van der Waals surface area contributed by atoms with E-state index in [1.165, 1.54) is 263 Å². The summed E-state index contributed by atoms with van der Waals surface area (Å²) in [5.74, 6) is -0.171.